The van der Waals surface area contributed by atoms with Crippen LogP contribution < -0.4 is 0 Å². The van der Waals surface area contributed by atoms with E-state index in [9.17, 15) is 0 Å². The van der Waals surface area contributed by atoms with Crippen LogP contribution in [0.2, 0.25) is 0 Å². The minimum Gasteiger partial charge on any atom is -0.285 e. The smallest absolute Gasteiger partial charge is 0.0885 e. The number of hydrogen-bond acceptors (Lipinski definition) is 2. The Morgan fingerprint density at radius 2 is 1.17 bits per heavy atom. The molecule has 0 aliphatic carbocycles. The van der Waals surface area contributed by atoms with E-state index in [2.05, 4.69) is 68.7 Å². The second-order valence-corrected chi connectivity index (χ2v) is 4.73. The summed E-state index contributed by atoms with van der Waals surface area (Å²) in [5.74, 6) is 0. The van der Waals surface area contributed by atoms with Gasteiger partial charge >= 0.3 is 0 Å². The van der Waals surface area contributed by atoms with Crippen molar-refractivity contribution in [2.24, 2.45) is 0 Å². The van der Waals surface area contributed by atoms with E-state index >= 15 is 0 Å². The Labute approximate surface area is 113 Å². The van der Waals surface area contributed by atoms with Gasteiger partial charge in [-0.2, -0.15) is 0 Å². The van der Waals surface area contributed by atoms with Gasteiger partial charge in [-0.1, -0.05) is 57.5 Å². The van der Waals surface area contributed by atoms with Gasteiger partial charge in [0.25, 0.3) is 0 Å². The molecule has 1 rings (SSSR count). The summed E-state index contributed by atoms with van der Waals surface area (Å²) < 4.78 is 0. The molecule has 0 spiro atoms. The van der Waals surface area contributed by atoms with Crippen LogP contribution in [0.15, 0.2) is 24.3 Å². The Balaban J connectivity index is 3.06. The van der Waals surface area contributed by atoms with Crippen molar-refractivity contribution in [1.82, 2.24) is 9.80 Å². The third-order valence-corrected chi connectivity index (χ3v) is 3.69. The lowest BCUT2D eigenvalue weighted by molar-refractivity contribution is 0.0560. The van der Waals surface area contributed by atoms with Crippen molar-refractivity contribution < 1.29 is 0 Å². The summed E-state index contributed by atoms with van der Waals surface area (Å²) in [6.45, 7) is 15.5. The summed E-state index contributed by atoms with van der Waals surface area (Å²) in [5.41, 5.74) is 2.74. The Kier molecular flexibility index (Phi) is 6.37. The van der Waals surface area contributed by atoms with Gasteiger partial charge in [-0.3, -0.25) is 9.80 Å². The van der Waals surface area contributed by atoms with Crippen LogP contribution in [0, 0.1) is 6.92 Å². The lowest BCUT2D eigenvalue weighted by Crippen LogP contribution is -2.41. The standard InChI is InChI=1S/C16H28N2/c1-6-17(7-2)16(18(8-3)9-4)15-12-10-14(5)11-13-15/h10-13,16H,6-9H2,1-5H3. The average Bonchev–Trinajstić information content (AvgIpc) is 2.40. The van der Waals surface area contributed by atoms with E-state index < -0.39 is 0 Å². The molecule has 0 fully saturated rings. The van der Waals surface area contributed by atoms with Crippen molar-refractivity contribution in [2.45, 2.75) is 40.8 Å². The second kappa shape index (κ2) is 7.55. The van der Waals surface area contributed by atoms with Crippen molar-refractivity contribution in [2.75, 3.05) is 26.2 Å². The monoisotopic (exact) mass is 248 g/mol. The topological polar surface area (TPSA) is 6.48 Å². The van der Waals surface area contributed by atoms with Crippen molar-refractivity contribution in [3.63, 3.8) is 0 Å². The van der Waals surface area contributed by atoms with Gasteiger partial charge in [-0.25, -0.2) is 0 Å². The van der Waals surface area contributed by atoms with E-state index in [4.69, 9.17) is 0 Å². The fourth-order valence-electron chi connectivity index (χ4n) is 2.53. The maximum absolute atomic E-state index is 2.53. The summed E-state index contributed by atoms with van der Waals surface area (Å²) in [6.07, 6.45) is 0.413. The number of nitrogens with zero attached hydrogens (tertiary/aromatic N) is 2. The third kappa shape index (κ3) is 3.56. The van der Waals surface area contributed by atoms with Gasteiger partial charge < -0.3 is 0 Å². The molecule has 0 aromatic heterocycles. The first kappa shape index (κ1) is 15.2. The van der Waals surface area contributed by atoms with Gasteiger partial charge in [0.1, 0.15) is 0 Å². The largest absolute Gasteiger partial charge is 0.285 e. The summed E-state index contributed by atoms with van der Waals surface area (Å²) in [4.78, 5) is 5.05. The highest BCUT2D eigenvalue weighted by Crippen LogP contribution is 2.24. The molecule has 0 amide bonds. The van der Waals surface area contributed by atoms with Crippen molar-refractivity contribution in [1.29, 1.82) is 0 Å². The highest BCUT2D eigenvalue weighted by Gasteiger charge is 2.22. The minimum absolute atomic E-state index is 0.413. The van der Waals surface area contributed by atoms with E-state index in [1.54, 1.807) is 0 Å². The lowest BCUT2D eigenvalue weighted by atomic mass is 10.1. The molecule has 102 valence electrons. The van der Waals surface area contributed by atoms with E-state index in [-0.39, 0.29) is 0 Å². The molecule has 1 aromatic carbocycles. The zero-order valence-corrected chi connectivity index (χ0v) is 12.6. The maximum atomic E-state index is 2.53. The zero-order chi connectivity index (χ0) is 13.5. The molecule has 18 heavy (non-hydrogen) atoms. The maximum Gasteiger partial charge on any atom is 0.0885 e. The molecular formula is C16H28N2. The first-order chi connectivity index (χ1) is 8.67. The molecule has 0 unspecified atom stereocenters. The number of benzene rings is 1. The predicted molar refractivity (Wildman–Crippen MR) is 79.8 cm³/mol. The van der Waals surface area contributed by atoms with Crippen LogP contribution in [0.25, 0.3) is 0 Å². The molecule has 0 saturated heterocycles. The summed E-state index contributed by atoms with van der Waals surface area (Å²) in [7, 11) is 0. The summed E-state index contributed by atoms with van der Waals surface area (Å²) >= 11 is 0. The second-order valence-electron chi connectivity index (χ2n) is 4.73. The fraction of sp³-hybridized carbons (Fsp3) is 0.625. The van der Waals surface area contributed by atoms with Crippen LogP contribution in [-0.4, -0.2) is 36.0 Å². The molecular weight excluding hydrogens is 220 g/mol. The molecule has 0 heterocycles. The third-order valence-electron chi connectivity index (χ3n) is 3.69. The molecule has 0 aliphatic heterocycles. The summed E-state index contributed by atoms with van der Waals surface area (Å²) in [6, 6.07) is 8.98. The van der Waals surface area contributed by atoms with Crippen molar-refractivity contribution >= 4 is 0 Å². The van der Waals surface area contributed by atoms with Gasteiger partial charge in [-0.15, -0.1) is 0 Å². The van der Waals surface area contributed by atoms with Crippen molar-refractivity contribution in [3.05, 3.63) is 35.4 Å². The SMILES string of the molecule is CCN(CC)C(c1ccc(C)cc1)N(CC)CC. The molecule has 2 heteroatoms. The van der Waals surface area contributed by atoms with Crippen LogP contribution >= 0.6 is 0 Å². The van der Waals surface area contributed by atoms with E-state index in [0.717, 1.165) is 26.2 Å². The lowest BCUT2D eigenvalue weighted by Gasteiger charge is -2.38. The number of rotatable bonds is 7. The Hall–Kier alpha value is -0.860. The van der Waals surface area contributed by atoms with Crippen LogP contribution in [0.1, 0.15) is 45.0 Å². The highest BCUT2D eigenvalue weighted by molar-refractivity contribution is 5.24. The van der Waals surface area contributed by atoms with Crippen LogP contribution in [0.5, 0.6) is 0 Å². The van der Waals surface area contributed by atoms with Gasteiger partial charge in [0.2, 0.25) is 0 Å². The van der Waals surface area contributed by atoms with Gasteiger partial charge in [0.15, 0.2) is 0 Å². The fourth-order valence-corrected chi connectivity index (χ4v) is 2.53. The summed E-state index contributed by atoms with van der Waals surface area (Å²) in [5, 5.41) is 0. The molecule has 0 aliphatic rings. The van der Waals surface area contributed by atoms with Crippen LogP contribution in [-0.2, 0) is 0 Å². The molecule has 2 nitrogen and oxygen atoms in total. The predicted octanol–water partition coefficient (Wildman–Crippen LogP) is 3.68. The van der Waals surface area contributed by atoms with Crippen LogP contribution in [0.4, 0.5) is 0 Å². The van der Waals surface area contributed by atoms with Gasteiger partial charge in [0.05, 0.1) is 6.17 Å². The van der Waals surface area contributed by atoms with Crippen LogP contribution in [0.3, 0.4) is 0 Å². The molecule has 0 radical (unpaired) electrons. The Bertz CT molecular complexity index is 311. The van der Waals surface area contributed by atoms with Gasteiger partial charge in [-0.05, 0) is 38.7 Å². The first-order valence-corrected chi connectivity index (χ1v) is 7.22. The van der Waals surface area contributed by atoms with Gasteiger partial charge in [0, 0.05) is 0 Å². The normalized spacial score (nSPS) is 11.8. The van der Waals surface area contributed by atoms with Crippen molar-refractivity contribution in [3.8, 4) is 0 Å². The molecule has 1 aromatic rings. The molecule has 0 N–H and O–H groups in total. The van der Waals surface area contributed by atoms with E-state index in [0.29, 0.717) is 6.17 Å². The Morgan fingerprint density at radius 1 is 0.778 bits per heavy atom. The highest BCUT2D eigenvalue weighted by atomic mass is 15.3. The van der Waals surface area contributed by atoms with E-state index in [1.165, 1.54) is 11.1 Å². The molecule has 0 atom stereocenters. The molecule has 0 saturated carbocycles. The molecule has 0 bridgehead atoms. The number of hydrogen-bond donors (Lipinski definition) is 0. The Morgan fingerprint density at radius 3 is 1.50 bits per heavy atom. The average molecular weight is 248 g/mol. The minimum atomic E-state index is 0.413. The first-order valence-electron chi connectivity index (χ1n) is 7.22. The number of aryl methyl sites for hydroxylation is 1. The quantitative estimate of drug-likeness (QED) is 0.679. The zero-order valence-electron chi connectivity index (χ0n) is 12.6. The van der Waals surface area contributed by atoms with E-state index in [1.807, 2.05) is 0 Å².